The second-order valence-electron chi connectivity index (χ2n) is 6.59. The molecule has 0 radical (unpaired) electrons. The Balaban J connectivity index is 1.60. The van der Waals surface area contributed by atoms with E-state index in [9.17, 15) is 0 Å². The Morgan fingerprint density at radius 1 is 1.18 bits per heavy atom. The Labute approximate surface area is 188 Å². The largest absolute Gasteiger partial charge is 0.359 e. The van der Waals surface area contributed by atoms with E-state index in [1.807, 2.05) is 26.4 Å². The molecule has 2 heterocycles. The van der Waals surface area contributed by atoms with Crippen LogP contribution in [0.3, 0.4) is 0 Å². The number of guanidine groups is 1. The number of nitrogens with zero attached hydrogens (tertiary/aromatic N) is 4. The quantitative estimate of drug-likeness (QED) is 0.359. The molecule has 1 saturated heterocycles. The lowest BCUT2D eigenvalue weighted by atomic mass is 10.2. The first-order chi connectivity index (χ1) is 13.6. The Bertz CT molecular complexity index is 802. The number of piperazine rings is 1. The molecule has 1 aromatic carbocycles. The summed E-state index contributed by atoms with van der Waals surface area (Å²) in [5.41, 5.74) is 2.57. The monoisotopic (exact) mass is 525 g/mol. The third kappa shape index (κ3) is 5.95. The van der Waals surface area contributed by atoms with Gasteiger partial charge >= 0.3 is 0 Å². The van der Waals surface area contributed by atoms with Gasteiger partial charge in [-0.05, 0) is 35.4 Å². The number of rotatable bonds is 5. The highest BCUT2D eigenvalue weighted by atomic mass is 79.9. The van der Waals surface area contributed by atoms with Gasteiger partial charge in [-0.3, -0.25) is 9.89 Å². The van der Waals surface area contributed by atoms with Crippen molar-refractivity contribution in [1.29, 1.82) is 0 Å². The molecular weight excluding hydrogens is 502 g/mol. The van der Waals surface area contributed by atoms with Crippen molar-refractivity contribution in [1.82, 2.24) is 20.1 Å². The summed E-state index contributed by atoms with van der Waals surface area (Å²) >= 11 is 8.93. The van der Waals surface area contributed by atoms with Crippen LogP contribution in [0.1, 0.15) is 11.1 Å². The molecule has 0 unspecified atom stereocenters. The number of aromatic nitrogens is 1. The molecule has 1 aromatic heterocycles. The Morgan fingerprint density at radius 3 is 2.54 bits per heavy atom. The van der Waals surface area contributed by atoms with E-state index in [4.69, 9.17) is 0 Å². The fourth-order valence-electron chi connectivity index (χ4n) is 3.29. The summed E-state index contributed by atoms with van der Waals surface area (Å²) in [5, 5.41) is 4.29. The van der Waals surface area contributed by atoms with Crippen LogP contribution in [-0.2, 0) is 12.3 Å². The van der Waals surface area contributed by atoms with E-state index in [0.29, 0.717) is 0 Å². The van der Waals surface area contributed by atoms with Crippen LogP contribution in [0.15, 0.2) is 55.5 Å². The number of hydrogen-bond acceptors (Lipinski definition) is 4. The molecule has 0 saturated carbocycles. The molecular formula is C20H25Br2N5S. The van der Waals surface area contributed by atoms with Crippen LogP contribution < -0.4 is 5.32 Å². The molecule has 1 aliphatic rings. The average molecular weight is 527 g/mol. The van der Waals surface area contributed by atoms with Gasteiger partial charge in [-0.15, -0.1) is 11.8 Å². The molecule has 0 amide bonds. The highest BCUT2D eigenvalue weighted by Gasteiger charge is 2.20. The Hall–Kier alpha value is -1.09. The predicted octanol–water partition coefficient (Wildman–Crippen LogP) is 4.22. The predicted molar refractivity (Wildman–Crippen MR) is 125 cm³/mol. The second-order valence-corrected chi connectivity index (χ2v) is 9.39. The van der Waals surface area contributed by atoms with Crippen molar-refractivity contribution in [2.75, 3.05) is 40.3 Å². The van der Waals surface area contributed by atoms with Crippen LogP contribution in [0.25, 0.3) is 0 Å². The van der Waals surface area contributed by atoms with Gasteiger partial charge in [0.25, 0.3) is 0 Å². The van der Waals surface area contributed by atoms with E-state index in [-0.39, 0.29) is 0 Å². The summed E-state index contributed by atoms with van der Waals surface area (Å²) in [5.74, 6) is 1.87. The van der Waals surface area contributed by atoms with Gasteiger partial charge in [0.15, 0.2) is 5.96 Å². The van der Waals surface area contributed by atoms with E-state index in [1.54, 1.807) is 11.8 Å². The number of thioether (sulfide) groups is 1. The molecule has 0 spiro atoms. The smallest absolute Gasteiger partial charge is 0.193 e. The van der Waals surface area contributed by atoms with E-state index in [2.05, 4.69) is 81.2 Å². The highest BCUT2D eigenvalue weighted by molar-refractivity contribution is 9.11. The number of pyridine rings is 1. The molecule has 3 rings (SSSR count). The van der Waals surface area contributed by atoms with Gasteiger partial charge in [-0.1, -0.05) is 37.9 Å². The molecule has 1 aliphatic heterocycles. The molecule has 0 aliphatic carbocycles. The minimum absolute atomic E-state index is 0.897. The van der Waals surface area contributed by atoms with Crippen LogP contribution >= 0.6 is 43.6 Å². The van der Waals surface area contributed by atoms with Gasteiger partial charge in [0.1, 0.15) is 5.03 Å². The third-order valence-electron chi connectivity index (χ3n) is 4.65. The van der Waals surface area contributed by atoms with Crippen molar-refractivity contribution in [3.63, 3.8) is 0 Å². The maximum absolute atomic E-state index is 4.65. The van der Waals surface area contributed by atoms with E-state index in [0.717, 1.165) is 58.4 Å². The van der Waals surface area contributed by atoms with E-state index in [1.165, 1.54) is 11.1 Å². The Kier molecular flexibility index (Phi) is 8.20. The first kappa shape index (κ1) is 21.6. The topological polar surface area (TPSA) is 43.8 Å². The van der Waals surface area contributed by atoms with Gasteiger partial charge in [0, 0.05) is 67.7 Å². The zero-order chi connectivity index (χ0) is 19.9. The van der Waals surface area contributed by atoms with Crippen LogP contribution in [0.5, 0.6) is 0 Å². The fourth-order valence-corrected chi connectivity index (χ4v) is 5.60. The maximum atomic E-state index is 4.65. The van der Waals surface area contributed by atoms with Crippen LogP contribution in [0.4, 0.5) is 0 Å². The van der Waals surface area contributed by atoms with Crippen molar-refractivity contribution < 1.29 is 0 Å². The number of benzene rings is 1. The summed E-state index contributed by atoms with van der Waals surface area (Å²) < 4.78 is 2.18. The fraction of sp³-hybridized carbons (Fsp3) is 0.400. The molecule has 8 heteroatoms. The number of hydrogen-bond donors (Lipinski definition) is 1. The molecule has 1 fully saturated rings. The van der Waals surface area contributed by atoms with Crippen molar-refractivity contribution >= 4 is 49.6 Å². The van der Waals surface area contributed by atoms with Crippen molar-refractivity contribution in [3.05, 3.63) is 56.6 Å². The van der Waals surface area contributed by atoms with Crippen molar-refractivity contribution in [2.45, 2.75) is 17.3 Å². The van der Waals surface area contributed by atoms with Crippen molar-refractivity contribution in [3.8, 4) is 0 Å². The molecule has 0 bridgehead atoms. The zero-order valence-electron chi connectivity index (χ0n) is 16.2. The summed E-state index contributed by atoms with van der Waals surface area (Å²) in [6.07, 6.45) is 1.89. The third-order valence-corrected chi connectivity index (χ3v) is 6.68. The first-order valence-electron chi connectivity index (χ1n) is 9.22. The molecule has 2 aromatic rings. The maximum Gasteiger partial charge on any atom is 0.193 e. The second kappa shape index (κ2) is 10.6. The van der Waals surface area contributed by atoms with Gasteiger partial charge in [0.05, 0.1) is 0 Å². The zero-order valence-corrected chi connectivity index (χ0v) is 20.1. The minimum Gasteiger partial charge on any atom is -0.359 e. The summed E-state index contributed by atoms with van der Waals surface area (Å²) in [7, 11) is 3.76. The van der Waals surface area contributed by atoms with Gasteiger partial charge in [0.2, 0.25) is 0 Å². The lowest BCUT2D eigenvalue weighted by Gasteiger charge is -2.36. The van der Waals surface area contributed by atoms with Gasteiger partial charge in [-0.25, -0.2) is 4.98 Å². The lowest BCUT2D eigenvalue weighted by molar-refractivity contribution is 0.172. The van der Waals surface area contributed by atoms with Gasteiger partial charge in [-0.2, -0.15) is 0 Å². The van der Waals surface area contributed by atoms with Crippen LogP contribution in [0, 0.1) is 0 Å². The number of halogens is 2. The molecule has 0 atom stereocenters. The van der Waals surface area contributed by atoms with Crippen molar-refractivity contribution in [2.24, 2.45) is 4.99 Å². The summed E-state index contributed by atoms with van der Waals surface area (Å²) in [6.45, 7) is 4.96. The SMILES string of the molecule is CN=C(NC)N1CCN(Cc2cccnc2SCc2cc(Br)cc(Br)c2)CC1. The standard InChI is InChI=1S/C20H25Br2N5S/c1-23-20(24-2)27-8-6-26(7-9-27)13-16-4-3-5-25-19(16)28-14-15-10-17(21)12-18(22)11-15/h3-5,10-12H,6-9,13-14H2,1-2H3,(H,23,24). The molecule has 1 N–H and O–H groups in total. The number of aliphatic imine (C=N–C) groups is 1. The van der Waals surface area contributed by atoms with Crippen LogP contribution in [-0.4, -0.2) is 61.0 Å². The van der Waals surface area contributed by atoms with E-state index < -0.39 is 0 Å². The van der Waals surface area contributed by atoms with Gasteiger partial charge < -0.3 is 10.2 Å². The highest BCUT2D eigenvalue weighted by Crippen LogP contribution is 2.28. The normalized spacial score (nSPS) is 15.7. The average Bonchev–Trinajstić information content (AvgIpc) is 2.69. The van der Waals surface area contributed by atoms with E-state index >= 15 is 0 Å². The molecule has 5 nitrogen and oxygen atoms in total. The van der Waals surface area contributed by atoms with Crippen LogP contribution in [0.2, 0.25) is 0 Å². The molecule has 28 heavy (non-hydrogen) atoms. The molecule has 150 valence electrons. The summed E-state index contributed by atoms with van der Waals surface area (Å²) in [6, 6.07) is 10.6. The Morgan fingerprint density at radius 2 is 1.89 bits per heavy atom. The number of nitrogens with one attached hydrogen (secondary N) is 1. The minimum atomic E-state index is 0.897. The summed E-state index contributed by atoms with van der Waals surface area (Å²) in [4.78, 5) is 13.8. The first-order valence-corrected chi connectivity index (χ1v) is 11.8. The lowest BCUT2D eigenvalue weighted by Crippen LogP contribution is -2.51.